The number of nitrogens with zero attached hydrogens (tertiary/aromatic N) is 2. The molecule has 0 saturated heterocycles. The van der Waals surface area contributed by atoms with Crippen molar-refractivity contribution in [1.82, 2.24) is 15.6 Å². The molecule has 0 bridgehead atoms. The van der Waals surface area contributed by atoms with Crippen molar-refractivity contribution in [3.8, 4) is 5.75 Å². The third-order valence-electron chi connectivity index (χ3n) is 3.84. The van der Waals surface area contributed by atoms with E-state index in [0.29, 0.717) is 31.4 Å². The van der Waals surface area contributed by atoms with Crippen LogP contribution in [-0.2, 0) is 24.4 Å². The van der Waals surface area contributed by atoms with Crippen LogP contribution in [0.3, 0.4) is 0 Å². The van der Waals surface area contributed by atoms with Gasteiger partial charge in [0.25, 0.3) is 0 Å². The van der Waals surface area contributed by atoms with Gasteiger partial charge in [-0.3, -0.25) is 4.99 Å². The fourth-order valence-electron chi connectivity index (χ4n) is 2.69. The minimum atomic E-state index is -0.302. The molecule has 2 aromatic rings. The van der Waals surface area contributed by atoms with Crippen molar-refractivity contribution in [1.29, 1.82) is 0 Å². The average molecular weight is 364 g/mol. The lowest BCUT2D eigenvalue weighted by Crippen LogP contribution is -2.36. The molecular weight excluding hydrogens is 343 g/mol. The van der Waals surface area contributed by atoms with E-state index in [2.05, 4.69) is 20.6 Å². The molecule has 0 unspecified atom stereocenters. The summed E-state index contributed by atoms with van der Waals surface area (Å²) in [6.45, 7) is 5.57. The van der Waals surface area contributed by atoms with Gasteiger partial charge in [0, 0.05) is 29.6 Å². The second-order valence-corrected chi connectivity index (χ2v) is 6.97. The number of guanidine groups is 1. The number of thiazole rings is 1. The Bertz CT molecular complexity index is 791. The van der Waals surface area contributed by atoms with Crippen LogP contribution in [0.15, 0.2) is 17.1 Å². The maximum absolute atomic E-state index is 13.8. The van der Waals surface area contributed by atoms with Gasteiger partial charge >= 0.3 is 0 Å². The van der Waals surface area contributed by atoms with Crippen LogP contribution in [0.4, 0.5) is 4.39 Å². The van der Waals surface area contributed by atoms with Gasteiger partial charge in [-0.25, -0.2) is 9.37 Å². The van der Waals surface area contributed by atoms with Gasteiger partial charge in [-0.2, -0.15) is 0 Å². The molecule has 1 aliphatic heterocycles. The molecular formula is C17H21FN4O2S. The SMILES string of the molecule is CN=C(NCc1cc(F)cc2c1OCOC2)NCc1sc(C)nc1C. The van der Waals surface area contributed by atoms with Gasteiger partial charge in [-0.15, -0.1) is 11.3 Å². The average Bonchev–Trinajstić information content (AvgIpc) is 2.92. The zero-order chi connectivity index (χ0) is 17.8. The molecule has 25 heavy (non-hydrogen) atoms. The Labute approximate surface area is 150 Å². The highest BCUT2D eigenvalue weighted by Gasteiger charge is 2.17. The van der Waals surface area contributed by atoms with Gasteiger partial charge in [-0.1, -0.05) is 0 Å². The second kappa shape index (κ2) is 7.79. The molecule has 2 heterocycles. The molecule has 1 aromatic carbocycles. The highest BCUT2D eigenvalue weighted by Crippen LogP contribution is 2.29. The summed E-state index contributed by atoms with van der Waals surface area (Å²) in [6.07, 6.45) is 0. The van der Waals surface area contributed by atoms with E-state index in [0.717, 1.165) is 21.8 Å². The largest absolute Gasteiger partial charge is 0.467 e. The van der Waals surface area contributed by atoms with E-state index in [1.54, 1.807) is 18.4 Å². The van der Waals surface area contributed by atoms with E-state index in [1.165, 1.54) is 17.0 Å². The van der Waals surface area contributed by atoms with Crippen LogP contribution in [-0.4, -0.2) is 24.8 Å². The Hall–Kier alpha value is -2.19. The third-order valence-corrected chi connectivity index (χ3v) is 4.91. The van der Waals surface area contributed by atoms with Crippen molar-refractivity contribution in [2.45, 2.75) is 33.5 Å². The summed E-state index contributed by atoms with van der Waals surface area (Å²) < 4.78 is 24.5. The van der Waals surface area contributed by atoms with Crippen LogP contribution >= 0.6 is 11.3 Å². The van der Waals surface area contributed by atoms with Gasteiger partial charge in [0.2, 0.25) is 0 Å². The zero-order valence-electron chi connectivity index (χ0n) is 14.5. The van der Waals surface area contributed by atoms with Crippen LogP contribution in [0, 0.1) is 19.7 Å². The van der Waals surface area contributed by atoms with E-state index >= 15 is 0 Å². The summed E-state index contributed by atoms with van der Waals surface area (Å²) in [5.74, 6) is 1.02. The summed E-state index contributed by atoms with van der Waals surface area (Å²) in [5, 5.41) is 7.49. The van der Waals surface area contributed by atoms with Gasteiger partial charge < -0.3 is 20.1 Å². The molecule has 0 spiro atoms. The van der Waals surface area contributed by atoms with Crippen LogP contribution in [0.5, 0.6) is 5.75 Å². The molecule has 8 heteroatoms. The lowest BCUT2D eigenvalue weighted by molar-refractivity contribution is -0.0172. The van der Waals surface area contributed by atoms with Crippen LogP contribution in [0.25, 0.3) is 0 Å². The molecule has 0 saturated carbocycles. The molecule has 0 atom stereocenters. The zero-order valence-corrected chi connectivity index (χ0v) is 15.3. The first-order valence-corrected chi connectivity index (χ1v) is 8.77. The minimum absolute atomic E-state index is 0.183. The standard InChI is InChI=1S/C17H21FN4O2S/c1-10-15(25-11(2)22-10)7-21-17(19-3)20-6-12-4-14(18)5-13-8-23-9-24-16(12)13/h4-5H,6-9H2,1-3H3,(H2,19,20,21). The summed E-state index contributed by atoms with van der Waals surface area (Å²) in [4.78, 5) is 9.79. The number of rotatable bonds is 4. The first-order chi connectivity index (χ1) is 12.1. The van der Waals surface area contributed by atoms with Gasteiger partial charge in [0.15, 0.2) is 12.8 Å². The van der Waals surface area contributed by atoms with Crippen molar-refractivity contribution in [2.75, 3.05) is 13.8 Å². The van der Waals surface area contributed by atoms with E-state index in [9.17, 15) is 4.39 Å². The number of nitrogens with one attached hydrogen (secondary N) is 2. The van der Waals surface area contributed by atoms with Crippen LogP contribution in [0.2, 0.25) is 0 Å². The highest BCUT2D eigenvalue weighted by atomic mass is 32.1. The number of aliphatic imine (C=N–C) groups is 1. The van der Waals surface area contributed by atoms with Gasteiger partial charge in [-0.05, 0) is 26.0 Å². The fourth-order valence-corrected chi connectivity index (χ4v) is 3.57. The number of halogens is 1. The molecule has 6 nitrogen and oxygen atoms in total. The molecule has 0 fully saturated rings. The van der Waals surface area contributed by atoms with E-state index in [4.69, 9.17) is 9.47 Å². The Kier molecular flexibility index (Phi) is 5.50. The lowest BCUT2D eigenvalue weighted by Gasteiger charge is -2.21. The van der Waals surface area contributed by atoms with Crippen molar-refractivity contribution >= 4 is 17.3 Å². The summed E-state index contributed by atoms with van der Waals surface area (Å²) in [5.41, 5.74) is 2.49. The molecule has 1 aromatic heterocycles. The quantitative estimate of drug-likeness (QED) is 0.645. The normalized spacial score (nSPS) is 14.0. The summed E-state index contributed by atoms with van der Waals surface area (Å²) in [6, 6.07) is 2.92. The maximum Gasteiger partial charge on any atom is 0.191 e. The van der Waals surface area contributed by atoms with Crippen molar-refractivity contribution in [2.24, 2.45) is 4.99 Å². The number of aryl methyl sites for hydroxylation is 2. The number of hydrogen-bond donors (Lipinski definition) is 2. The first kappa shape index (κ1) is 17.6. The van der Waals surface area contributed by atoms with Crippen molar-refractivity contribution in [3.05, 3.63) is 44.7 Å². The fraction of sp³-hybridized carbons (Fsp3) is 0.412. The van der Waals surface area contributed by atoms with E-state index in [1.807, 2.05) is 13.8 Å². The molecule has 134 valence electrons. The minimum Gasteiger partial charge on any atom is -0.467 e. The topological polar surface area (TPSA) is 67.8 Å². The highest BCUT2D eigenvalue weighted by molar-refractivity contribution is 7.11. The first-order valence-electron chi connectivity index (χ1n) is 7.96. The van der Waals surface area contributed by atoms with E-state index in [-0.39, 0.29) is 12.6 Å². The summed E-state index contributed by atoms with van der Waals surface area (Å²) in [7, 11) is 1.70. The predicted molar refractivity (Wildman–Crippen MR) is 95.3 cm³/mol. The van der Waals surface area contributed by atoms with Crippen molar-refractivity contribution in [3.63, 3.8) is 0 Å². The maximum atomic E-state index is 13.8. The Morgan fingerprint density at radius 1 is 1.32 bits per heavy atom. The number of aromatic nitrogens is 1. The van der Waals surface area contributed by atoms with Gasteiger partial charge in [0.05, 0.1) is 23.9 Å². The molecule has 0 aliphatic carbocycles. The Morgan fingerprint density at radius 2 is 2.12 bits per heavy atom. The van der Waals surface area contributed by atoms with Crippen LogP contribution in [0.1, 0.15) is 26.7 Å². The second-order valence-electron chi connectivity index (χ2n) is 5.68. The van der Waals surface area contributed by atoms with E-state index < -0.39 is 0 Å². The number of fused-ring (bicyclic) bond motifs is 1. The molecule has 3 rings (SSSR count). The van der Waals surface area contributed by atoms with Crippen molar-refractivity contribution < 1.29 is 13.9 Å². The molecule has 0 radical (unpaired) electrons. The molecule has 1 aliphatic rings. The van der Waals surface area contributed by atoms with Crippen LogP contribution < -0.4 is 15.4 Å². The number of benzene rings is 1. The predicted octanol–water partition coefficient (Wildman–Crippen LogP) is 2.63. The smallest absolute Gasteiger partial charge is 0.191 e. The monoisotopic (exact) mass is 364 g/mol. The third kappa shape index (κ3) is 4.26. The molecule has 2 N–H and O–H groups in total. The lowest BCUT2D eigenvalue weighted by atomic mass is 10.1. The van der Waals surface area contributed by atoms with Gasteiger partial charge in [0.1, 0.15) is 11.6 Å². The number of hydrogen-bond acceptors (Lipinski definition) is 5. The number of ether oxygens (including phenoxy) is 2. The molecule has 0 amide bonds. The summed E-state index contributed by atoms with van der Waals surface area (Å²) >= 11 is 1.66. The Morgan fingerprint density at radius 3 is 2.84 bits per heavy atom. The Balaban J connectivity index is 1.64.